The highest BCUT2D eigenvalue weighted by Crippen LogP contribution is 2.60. The number of hydrogen-bond donors (Lipinski definition) is 0. The zero-order valence-corrected chi connectivity index (χ0v) is 18.3. The van der Waals surface area contributed by atoms with E-state index in [1.807, 2.05) is 0 Å². The van der Waals surface area contributed by atoms with Crippen molar-refractivity contribution in [3.05, 3.63) is 77.3 Å². The third-order valence-corrected chi connectivity index (χ3v) is 8.44. The van der Waals surface area contributed by atoms with E-state index in [1.54, 1.807) is 0 Å². The molecule has 2 fully saturated rings. The van der Waals surface area contributed by atoms with Crippen molar-refractivity contribution in [2.45, 2.75) is 70.6 Å². The van der Waals surface area contributed by atoms with Crippen molar-refractivity contribution in [1.29, 1.82) is 0 Å². The maximum absolute atomic E-state index is 9.36. The van der Waals surface area contributed by atoms with Crippen LogP contribution in [0.1, 0.15) is 75.3 Å². The molecule has 0 atom stereocenters. The van der Waals surface area contributed by atoms with Gasteiger partial charge < -0.3 is 0 Å². The Morgan fingerprint density at radius 3 is 2.13 bits per heavy atom. The number of imidazole rings is 1. The van der Waals surface area contributed by atoms with Crippen molar-refractivity contribution in [3.8, 4) is 11.4 Å². The van der Waals surface area contributed by atoms with E-state index in [4.69, 9.17) is 0 Å². The number of hydrogen-bond acceptors (Lipinski definition) is 0. The fourth-order valence-corrected chi connectivity index (χ4v) is 7.27. The maximum atomic E-state index is 9.36. The molecule has 0 unspecified atom stereocenters. The second kappa shape index (κ2) is 6.83. The molecule has 2 aromatic carbocycles. The van der Waals surface area contributed by atoms with Gasteiger partial charge in [0.15, 0.2) is 7.06 Å². The molecule has 3 aliphatic rings. The lowest BCUT2D eigenvalue weighted by Gasteiger charge is -2.40. The molecule has 2 aliphatic carbocycles. The van der Waals surface area contributed by atoms with Crippen LogP contribution in [0.5, 0.6) is 0 Å². The number of aromatic nitrogens is 2. The Morgan fingerprint density at radius 2 is 1.47 bits per heavy atom. The van der Waals surface area contributed by atoms with Gasteiger partial charge in [0.25, 0.3) is 6.30 Å². The Morgan fingerprint density at radius 1 is 0.867 bits per heavy atom. The first kappa shape index (κ1) is 17.3. The molecule has 0 saturated heterocycles. The number of fused-ring (bicyclic) bond motifs is 3. The van der Waals surface area contributed by atoms with Crippen LogP contribution in [0.2, 0.25) is 0 Å². The molecule has 1 aromatic heterocycles. The van der Waals surface area contributed by atoms with E-state index in [-0.39, 0.29) is 5.41 Å². The first-order chi connectivity index (χ1) is 15.2. The van der Waals surface area contributed by atoms with Crippen molar-refractivity contribution < 1.29 is 5.94 Å². The fraction of sp³-hybridized carbons (Fsp3) is 0.464. The van der Waals surface area contributed by atoms with E-state index in [0.717, 1.165) is 5.69 Å². The molecule has 2 nitrogen and oxygen atoms in total. The zero-order chi connectivity index (χ0) is 21.2. The van der Waals surface area contributed by atoms with Crippen LogP contribution in [0.25, 0.3) is 11.4 Å². The molecule has 0 bridgehead atoms. The van der Waals surface area contributed by atoms with E-state index < -0.39 is 0 Å². The predicted octanol–water partition coefficient (Wildman–Crippen LogP) is 6.35. The lowest BCUT2D eigenvalue weighted by Crippen LogP contribution is -2.43. The van der Waals surface area contributed by atoms with Crippen LogP contribution < -0.4 is 4.57 Å². The van der Waals surface area contributed by atoms with Gasteiger partial charge in [0.1, 0.15) is 17.1 Å². The summed E-state index contributed by atoms with van der Waals surface area (Å²) in [5.41, 5.74) is 7.92. The lowest BCUT2D eigenvalue weighted by molar-refractivity contribution is -0.602. The van der Waals surface area contributed by atoms with E-state index in [9.17, 15) is 1.37 Å². The highest BCUT2D eigenvalue weighted by atomic mass is 15.2. The van der Waals surface area contributed by atoms with Gasteiger partial charge in [0.05, 0.1) is 5.41 Å². The molecule has 154 valence electrons. The van der Waals surface area contributed by atoms with Crippen molar-refractivity contribution in [2.75, 3.05) is 0 Å². The van der Waals surface area contributed by atoms with E-state index in [1.165, 1.54) is 79.6 Å². The minimum atomic E-state index is 0.0669. The third kappa shape index (κ3) is 2.34. The minimum absolute atomic E-state index is 0.0669. The minimum Gasteiger partial charge on any atom is -0.199 e. The van der Waals surface area contributed by atoms with Gasteiger partial charge in [-0.25, -0.2) is 0 Å². The van der Waals surface area contributed by atoms with Crippen molar-refractivity contribution >= 4 is 0 Å². The number of aryl methyl sites for hydroxylation is 1. The topological polar surface area (TPSA) is 8.81 Å². The smallest absolute Gasteiger partial charge is 0.199 e. The summed E-state index contributed by atoms with van der Waals surface area (Å²) in [7, 11) is 0. The zero-order valence-electron chi connectivity index (χ0n) is 19.3. The van der Waals surface area contributed by atoms with Gasteiger partial charge in [-0.2, -0.15) is 9.13 Å². The van der Waals surface area contributed by atoms with Crippen LogP contribution in [0, 0.1) is 25.7 Å². The molecule has 0 N–H and O–H groups in total. The molecule has 0 spiro atoms. The van der Waals surface area contributed by atoms with Crippen LogP contribution in [0.4, 0.5) is 0 Å². The second-order valence-corrected chi connectivity index (χ2v) is 9.84. The monoisotopic (exact) mass is 398 g/mol. The average molecular weight is 399 g/mol. The molecule has 3 aromatic rings. The predicted molar refractivity (Wildman–Crippen MR) is 121 cm³/mol. The lowest BCUT2D eigenvalue weighted by atomic mass is 9.60. The molecule has 0 radical (unpaired) electrons. The highest BCUT2D eigenvalue weighted by molar-refractivity contribution is 5.59. The molecule has 30 heavy (non-hydrogen) atoms. The largest absolute Gasteiger partial charge is 0.254 e. The summed E-state index contributed by atoms with van der Waals surface area (Å²) in [5, 5.41) is 0. The average Bonchev–Trinajstić information content (AvgIpc) is 3.56. The molecular weight excluding hydrogens is 364 g/mol. The Bertz CT molecular complexity index is 1130. The number of para-hydroxylation sites is 2. The molecule has 2 saturated carbocycles. The van der Waals surface area contributed by atoms with Crippen LogP contribution in [-0.2, 0) is 5.41 Å². The molecular formula is C28H33N2+. The maximum Gasteiger partial charge on any atom is 0.254 e. The van der Waals surface area contributed by atoms with Gasteiger partial charge in [-0.3, -0.25) is 0 Å². The second-order valence-electron chi connectivity index (χ2n) is 9.84. The van der Waals surface area contributed by atoms with Crippen molar-refractivity contribution in [1.82, 2.24) is 4.57 Å². The summed E-state index contributed by atoms with van der Waals surface area (Å²) in [6.07, 6.45) is 11.3. The van der Waals surface area contributed by atoms with Crippen LogP contribution in [-0.4, -0.2) is 4.57 Å². The summed E-state index contributed by atoms with van der Waals surface area (Å²) in [6.45, 7) is 4.44. The van der Waals surface area contributed by atoms with Gasteiger partial charge in [-0.15, -0.1) is 0 Å². The van der Waals surface area contributed by atoms with E-state index >= 15 is 0 Å². The normalized spacial score (nSPS) is 21.1. The quantitative estimate of drug-likeness (QED) is 0.455. The SMILES string of the molecule is [2H]c1n2c(c(C)[n+]1-c1ccccc1C)C(C1CCCC1)(C1CCCC1)c1ccccc1-2. The number of benzene rings is 2. The molecule has 0 amide bonds. The van der Waals surface area contributed by atoms with Gasteiger partial charge in [-0.05, 0) is 62.1 Å². The van der Waals surface area contributed by atoms with Crippen LogP contribution in [0.3, 0.4) is 0 Å². The molecule has 2 heteroatoms. The highest BCUT2D eigenvalue weighted by Gasteiger charge is 2.59. The van der Waals surface area contributed by atoms with Gasteiger partial charge in [0.2, 0.25) is 0 Å². The summed E-state index contributed by atoms with van der Waals surface area (Å²) >= 11 is 0. The van der Waals surface area contributed by atoms with Gasteiger partial charge in [-0.1, -0.05) is 62.1 Å². The Kier molecular flexibility index (Phi) is 3.95. The summed E-state index contributed by atoms with van der Waals surface area (Å²) in [4.78, 5) is 0. The van der Waals surface area contributed by atoms with Crippen LogP contribution >= 0.6 is 0 Å². The molecule has 2 heterocycles. The van der Waals surface area contributed by atoms with E-state index in [0.29, 0.717) is 18.1 Å². The first-order valence-corrected chi connectivity index (χ1v) is 12.0. The van der Waals surface area contributed by atoms with Gasteiger partial charge in [0, 0.05) is 12.5 Å². The Labute approximate surface area is 182 Å². The number of nitrogens with zero attached hydrogens (tertiary/aromatic N) is 2. The summed E-state index contributed by atoms with van der Waals surface area (Å²) < 4.78 is 13.9. The van der Waals surface area contributed by atoms with Crippen molar-refractivity contribution in [3.63, 3.8) is 0 Å². The Balaban J connectivity index is 1.71. The molecule has 1 aliphatic heterocycles. The third-order valence-electron chi connectivity index (χ3n) is 8.44. The van der Waals surface area contributed by atoms with E-state index in [2.05, 4.69) is 71.5 Å². The fourth-order valence-electron chi connectivity index (χ4n) is 7.27. The van der Waals surface area contributed by atoms with Crippen molar-refractivity contribution in [2.24, 2.45) is 11.8 Å². The first-order valence-electron chi connectivity index (χ1n) is 12.5. The number of rotatable bonds is 3. The van der Waals surface area contributed by atoms with Gasteiger partial charge >= 0.3 is 0 Å². The van der Waals surface area contributed by atoms with Crippen LogP contribution in [0.15, 0.2) is 54.8 Å². The Hall–Kier alpha value is -2.35. The summed E-state index contributed by atoms with van der Waals surface area (Å²) in [5.74, 6) is 1.38. The summed E-state index contributed by atoms with van der Waals surface area (Å²) in [6, 6.07) is 17.6. The molecule has 6 rings (SSSR count). The standard InChI is InChI=1S/C28H33N2/c1-20-11-3-9-17-25(20)29-19-30-26-18-10-8-16-24(26)28(27(30)21(29)2,22-12-4-5-13-22)23-14-6-7-15-23/h3,8-11,16-19,22-23H,4-7,12-15H2,1-2H3/q+1/i19D.